The van der Waals surface area contributed by atoms with Crippen molar-refractivity contribution in [2.45, 2.75) is 38.1 Å². The predicted octanol–water partition coefficient (Wildman–Crippen LogP) is 2.89. The monoisotopic (exact) mass is 354 g/mol. The fraction of sp³-hybridized carbons (Fsp3) is 0.467. The molecule has 1 unspecified atom stereocenters. The highest BCUT2D eigenvalue weighted by Crippen LogP contribution is 2.35. The minimum Gasteiger partial charge on any atom is -0.479 e. The summed E-state index contributed by atoms with van der Waals surface area (Å²) in [6.07, 6.45) is 2.43. The lowest BCUT2D eigenvalue weighted by atomic mass is 9.90. The Balaban J connectivity index is 2.36. The zero-order valence-corrected chi connectivity index (χ0v) is 13.5. The molecule has 114 valence electrons. The van der Waals surface area contributed by atoms with Crippen molar-refractivity contribution in [2.75, 3.05) is 12.3 Å². The van der Waals surface area contributed by atoms with Gasteiger partial charge in [0, 0.05) is 22.3 Å². The van der Waals surface area contributed by atoms with Gasteiger partial charge in [-0.2, -0.15) is 0 Å². The third kappa shape index (κ3) is 2.77. The summed E-state index contributed by atoms with van der Waals surface area (Å²) in [6.45, 7) is 2.42. The molecule has 1 aromatic carbocycles. The van der Waals surface area contributed by atoms with Gasteiger partial charge in [-0.05, 0) is 53.4 Å². The first-order valence-electron chi connectivity index (χ1n) is 7.03. The summed E-state index contributed by atoms with van der Waals surface area (Å²) < 4.78 is 0.643. The topological polar surface area (TPSA) is 83.6 Å². The molecule has 0 bridgehead atoms. The van der Waals surface area contributed by atoms with Crippen molar-refractivity contribution >= 4 is 33.5 Å². The standard InChI is InChI=1S/C15H19BrN2O3/c1-2-6-15(14(20)21)7-3-8-18(15)13(19)10-4-5-12(17)11(16)9-10/h4-5,9H,2-3,6-8,17H2,1H3,(H,20,21). The zero-order chi connectivity index (χ0) is 15.6. The van der Waals surface area contributed by atoms with Crippen LogP contribution in [-0.4, -0.2) is 34.0 Å². The highest BCUT2D eigenvalue weighted by Gasteiger charge is 2.49. The number of carbonyl (C=O) groups is 2. The second-order valence-corrected chi connectivity index (χ2v) is 6.24. The van der Waals surface area contributed by atoms with Gasteiger partial charge in [0.25, 0.3) is 5.91 Å². The molecule has 1 aromatic rings. The Hall–Kier alpha value is -1.56. The molecule has 1 aliphatic heterocycles. The van der Waals surface area contributed by atoms with Crippen LogP contribution in [0.15, 0.2) is 22.7 Å². The fourth-order valence-corrected chi connectivity index (χ4v) is 3.37. The highest BCUT2D eigenvalue weighted by molar-refractivity contribution is 9.10. The van der Waals surface area contributed by atoms with Crippen molar-refractivity contribution < 1.29 is 14.7 Å². The molecule has 1 heterocycles. The maximum Gasteiger partial charge on any atom is 0.329 e. The molecule has 21 heavy (non-hydrogen) atoms. The molecule has 0 radical (unpaired) electrons. The molecule has 1 fully saturated rings. The second-order valence-electron chi connectivity index (χ2n) is 5.38. The van der Waals surface area contributed by atoms with Crippen molar-refractivity contribution in [1.29, 1.82) is 0 Å². The van der Waals surface area contributed by atoms with Gasteiger partial charge in [0.2, 0.25) is 0 Å². The smallest absolute Gasteiger partial charge is 0.329 e. The van der Waals surface area contributed by atoms with E-state index in [1.54, 1.807) is 18.2 Å². The van der Waals surface area contributed by atoms with Crippen LogP contribution in [0.5, 0.6) is 0 Å². The van der Waals surface area contributed by atoms with Crippen LogP contribution in [0.1, 0.15) is 43.0 Å². The summed E-state index contributed by atoms with van der Waals surface area (Å²) in [5.74, 6) is -1.16. The second kappa shape index (κ2) is 6.05. The maximum atomic E-state index is 12.7. The molecule has 0 aromatic heterocycles. The van der Waals surface area contributed by atoms with Crippen LogP contribution in [-0.2, 0) is 4.79 Å². The predicted molar refractivity (Wildman–Crippen MR) is 84.1 cm³/mol. The van der Waals surface area contributed by atoms with Gasteiger partial charge in [-0.15, -0.1) is 0 Å². The van der Waals surface area contributed by atoms with E-state index in [9.17, 15) is 14.7 Å². The van der Waals surface area contributed by atoms with E-state index in [1.165, 1.54) is 4.90 Å². The van der Waals surface area contributed by atoms with Crippen LogP contribution in [0.2, 0.25) is 0 Å². The summed E-state index contributed by atoms with van der Waals surface area (Å²) in [5, 5.41) is 9.64. The lowest BCUT2D eigenvalue weighted by Crippen LogP contribution is -2.53. The number of carboxylic acids is 1. The third-order valence-electron chi connectivity index (χ3n) is 4.04. The number of amides is 1. The van der Waals surface area contributed by atoms with E-state index in [4.69, 9.17) is 5.73 Å². The highest BCUT2D eigenvalue weighted by atomic mass is 79.9. The molecule has 2 rings (SSSR count). The zero-order valence-electron chi connectivity index (χ0n) is 11.9. The number of nitrogens with zero attached hydrogens (tertiary/aromatic N) is 1. The average Bonchev–Trinajstić information content (AvgIpc) is 2.86. The van der Waals surface area contributed by atoms with E-state index in [1.807, 2.05) is 6.92 Å². The maximum absolute atomic E-state index is 12.7. The molecule has 1 saturated heterocycles. The first-order valence-corrected chi connectivity index (χ1v) is 7.82. The number of likely N-dealkylation sites (tertiary alicyclic amines) is 1. The summed E-state index contributed by atoms with van der Waals surface area (Å²) in [7, 11) is 0. The summed E-state index contributed by atoms with van der Waals surface area (Å²) in [4.78, 5) is 26.0. The Morgan fingerprint density at radius 3 is 2.76 bits per heavy atom. The number of hydrogen-bond donors (Lipinski definition) is 2. The van der Waals surface area contributed by atoms with Crippen LogP contribution in [0.4, 0.5) is 5.69 Å². The number of anilines is 1. The van der Waals surface area contributed by atoms with E-state index >= 15 is 0 Å². The average molecular weight is 355 g/mol. The van der Waals surface area contributed by atoms with E-state index in [2.05, 4.69) is 15.9 Å². The van der Waals surface area contributed by atoms with Gasteiger partial charge >= 0.3 is 5.97 Å². The van der Waals surface area contributed by atoms with Crippen molar-refractivity contribution in [3.8, 4) is 0 Å². The summed E-state index contributed by atoms with van der Waals surface area (Å²) >= 11 is 3.30. The number of carbonyl (C=O) groups excluding carboxylic acids is 1. The number of halogens is 1. The van der Waals surface area contributed by atoms with Crippen molar-refractivity contribution in [3.05, 3.63) is 28.2 Å². The van der Waals surface area contributed by atoms with E-state index < -0.39 is 11.5 Å². The Labute approximate surface area is 132 Å². The first kappa shape index (κ1) is 15.8. The lowest BCUT2D eigenvalue weighted by molar-refractivity contribution is -0.148. The van der Waals surface area contributed by atoms with Crippen LogP contribution >= 0.6 is 15.9 Å². The fourth-order valence-electron chi connectivity index (χ4n) is 2.99. The molecule has 1 amide bonds. The Kier molecular flexibility index (Phi) is 4.56. The number of aliphatic carboxylic acids is 1. The number of benzene rings is 1. The SMILES string of the molecule is CCCC1(C(=O)O)CCCN1C(=O)c1ccc(N)c(Br)c1. The van der Waals surface area contributed by atoms with Crippen molar-refractivity contribution in [3.63, 3.8) is 0 Å². The largest absolute Gasteiger partial charge is 0.479 e. The van der Waals surface area contributed by atoms with Crippen LogP contribution in [0, 0.1) is 0 Å². The Bertz CT molecular complexity index is 576. The molecule has 0 aliphatic carbocycles. The number of rotatable bonds is 4. The van der Waals surface area contributed by atoms with Crippen molar-refractivity contribution in [2.24, 2.45) is 0 Å². The molecule has 1 aliphatic rings. The third-order valence-corrected chi connectivity index (χ3v) is 4.73. The number of nitrogens with two attached hydrogens (primary N) is 1. The Morgan fingerprint density at radius 2 is 2.19 bits per heavy atom. The molecule has 0 saturated carbocycles. The first-order chi connectivity index (χ1) is 9.92. The van der Waals surface area contributed by atoms with Crippen LogP contribution < -0.4 is 5.73 Å². The molecule has 3 N–H and O–H groups in total. The van der Waals surface area contributed by atoms with Gasteiger partial charge in [0.1, 0.15) is 5.54 Å². The molecule has 6 heteroatoms. The summed E-state index contributed by atoms with van der Waals surface area (Å²) in [6, 6.07) is 4.93. The van der Waals surface area contributed by atoms with Gasteiger partial charge in [0.05, 0.1) is 0 Å². The van der Waals surface area contributed by atoms with Gasteiger partial charge < -0.3 is 15.7 Å². The minimum atomic E-state index is -1.07. The Morgan fingerprint density at radius 1 is 1.48 bits per heavy atom. The number of hydrogen-bond acceptors (Lipinski definition) is 3. The molecular weight excluding hydrogens is 336 g/mol. The lowest BCUT2D eigenvalue weighted by Gasteiger charge is -2.34. The van der Waals surface area contributed by atoms with E-state index in [0.717, 1.165) is 6.42 Å². The van der Waals surface area contributed by atoms with Gasteiger partial charge in [-0.1, -0.05) is 13.3 Å². The molecule has 1 atom stereocenters. The quantitative estimate of drug-likeness (QED) is 0.814. The molecular formula is C15H19BrN2O3. The summed E-state index contributed by atoms with van der Waals surface area (Å²) in [5.41, 5.74) is 5.66. The molecule has 0 spiro atoms. The van der Waals surface area contributed by atoms with Crippen molar-refractivity contribution in [1.82, 2.24) is 4.90 Å². The number of nitrogen functional groups attached to an aromatic ring is 1. The van der Waals surface area contributed by atoms with Gasteiger partial charge in [0.15, 0.2) is 0 Å². The normalized spacial score (nSPS) is 21.5. The van der Waals surface area contributed by atoms with Gasteiger partial charge in [-0.3, -0.25) is 4.79 Å². The van der Waals surface area contributed by atoms with E-state index in [0.29, 0.717) is 41.5 Å². The molecule has 5 nitrogen and oxygen atoms in total. The van der Waals surface area contributed by atoms with Crippen LogP contribution in [0.3, 0.4) is 0 Å². The van der Waals surface area contributed by atoms with Gasteiger partial charge in [-0.25, -0.2) is 4.79 Å². The number of carboxylic acid groups (broad SMARTS) is 1. The van der Waals surface area contributed by atoms with E-state index in [-0.39, 0.29) is 5.91 Å². The minimum absolute atomic E-state index is 0.246. The van der Waals surface area contributed by atoms with Crippen LogP contribution in [0.25, 0.3) is 0 Å².